The van der Waals surface area contributed by atoms with E-state index in [2.05, 4.69) is 9.97 Å². The molecule has 7 nitrogen and oxygen atoms in total. The van der Waals surface area contributed by atoms with Gasteiger partial charge in [0, 0.05) is 31.2 Å². The van der Waals surface area contributed by atoms with Crippen LogP contribution in [0.5, 0.6) is 0 Å². The molecule has 2 heterocycles. The maximum atomic E-state index is 12.5. The van der Waals surface area contributed by atoms with Gasteiger partial charge < -0.3 is 20.4 Å². The lowest BCUT2D eigenvalue weighted by molar-refractivity contribution is -0.143. The molecule has 0 bridgehead atoms. The molecule has 1 unspecified atom stereocenters. The van der Waals surface area contributed by atoms with Crippen LogP contribution in [0.15, 0.2) is 24.3 Å². The Morgan fingerprint density at radius 3 is 2.68 bits per heavy atom. The molecule has 0 aliphatic carbocycles. The Morgan fingerprint density at radius 1 is 1.36 bits per heavy atom. The normalized spacial score (nSPS) is 14.9. The van der Waals surface area contributed by atoms with Crippen LogP contribution in [-0.2, 0) is 22.5 Å². The SMILES string of the molecule is CCC(OC)C(=O)N1CCc2nc(-c3ccc(C(N)=O)cc3)[nH]c2C1. The summed E-state index contributed by atoms with van der Waals surface area (Å²) in [6.45, 7) is 3.07. The highest BCUT2D eigenvalue weighted by atomic mass is 16.5. The molecule has 1 aliphatic rings. The number of H-pyrrole nitrogens is 1. The van der Waals surface area contributed by atoms with E-state index in [0.29, 0.717) is 31.5 Å². The fraction of sp³-hybridized carbons (Fsp3) is 0.389. The second kappa shape index (κ2) is 7.06. The molecule has 0 saturated heterocycles. The minimum Gasteiger partial charge on any atom is -0.372 e. The van der Waals surface area contributed by atoms with Gasteiger partial charge in [0.05, 0.1) is 17.9 Å². The van der Waals surface area contributed by atoms with E-state index < -0.39 is 12.0 Å². The molecule has 0 spiro atoms. The number of nitrogens with one attached hydrogen (secondary N) is 1. The van der Waals surface area contributed by atoms with Gasteiger partial charge in [0.15, 0.2) is 0 Å². The first-order valence-corrected chi connectivity index (χ1v) is 8.33. The predicted molar refractivity (Wildman–Crippen MR) is 92.8 cm³/mol. The Bertz CT molecular complexity index is 778. The Labute approximate surface area is 146 Å². The van der Waals surface area contributed by atoms with Gasteiger partial charge in [-0.25, -0.2) is 4.98 Å². The van der Waals surface area contributed by atoms with Crippen molar-refractivity contribution < 1.29 is 14.3 Å². The first-order valence-electron chi connectivity index (χ1n) is 8.33. The number of aromatic amines is 1. The standard InChI is InChI=1S/C18H22N4O3/c1-3-15(25-2)18(24)22-9-8-13-14(10-22)21-17(20-13)12-6-4-11(5-7-12)16(19)23/h4-7,15H,3,8-10H2,1-2H3,(H2,19,23)(H,20,21). The number of hydrogen-bond acceptors (Lipinski definition) is 4. The molecule has 3 N–H and O–H groups in total. The number of fused-ring (bicyclic) bond motifs is 1. The zero-order valence-electron chi connectivity index (χ0n) is 14.4. The third-order valence-electron chi connectivity index (χ3n) is 4.52. The van der Waals surface area contributed by atoms with Crippen LogP contribution >= 0.6 is 0 Å². The van der Waals surface area contributed by atoms with Crippen LogP contribution in [0.1, 0.15) is 35.1 Å². The van der Waals surface area contributed by atoms with Crippen LogP contribution in [0.2, 0.25) is 0 Å². The molecule has 132 valence electrons. The third kappa shape index (κ3) is 3.41. The van der Waals surface area contributed by atoms with Gasteiger partial charge in [0.1, 0.15) is 11.9 Å². The highest BCUT2D eigenvalue weighted by Crippen LogP contribution is 2.24. The van der Waals surface area contributed by atoms with Gasteiger partial charge in [0.2, 0.25) is 5.91 Å². The number of rotatable bonds is 5. The van der Waals surface area contributed by atoms with Gasteiger partial charge in [-0.2, -0.15) is 0 Å². The Hall–Kier alpha value is -2.67. The highest BCUT2D eigenvalue weighted by molar-refractivity contribution is 5.93. The van der Waals surface area contributed by atoms with Crippen LogP contribution in [0, 0.1) is 0 Å². The number of nitrogens with two attached hydrogens (primary N) is 1. The van der Waals surface area contributed by atoms with Gasteiger partial charge in [-0.1, -0.05) is 19.1 Å². The molecule has 1 aliphatic heterocycles. The largest absolute Gasteiger partial charge is 0.372 e. The summed E-state index contributed by atoms with van der Waals surface area (Å²) in [6.07, 6.45) is 0.959. The number of ether oxygens (including phenoxy) is 1. The van der Waals surface area contributed by atoms with Gasteiger partial charge in [0.25, 0.3) is 5.91 Å². The Balaban J connectivity index is 1.79. The van der Waals surface area contributed by atoms with Crippen LogP contribution in [-0.4, -0.2) is 46.4 Å². The average molecular weight is 342 g/mol. The maximum Gasteiger partial charge on any atom is 0.252 e. The summed E-state index contributed by atoms with van der Waals surface area (Å²) in [4.78, 5) is 33.4. The number of methoxy groups -OCH3 is 1. The summed E-state index contributed by atoms with van der Waals surface area (Å²) in [6, 6.07) is 6.98. The van der Waals surface area contributed by atoms with Crippen LogP contribution in [0.25, 0.3) is 11.4 Å². The molecule has 2 aromatic rings. The summed E-state index contributed by atoms with van der Waals surface area (Å²) in [5, 5.41) is 0. The summed E-state index contributed by atoms with van der Waals surface area (Å²) < 4.78 is 5.25. The number of benzene rings is 1. The topological polar surface area (TPSA) is 101 Å². The number of aromatic nitrogens is 2. The van der Waals surface area contributed by atoms with Gasteiger partial charge in [-0.15, -0.1) is 0 Å². The van der Waals surface area contributed by atoms with E-state index in [0.717, 1.165) is 22.8 Å². The smallest absolute Gasteiger partial charge is 0.252 e. The second-order valence-corrected chi connectivity index (χ2v) is 6.09. The van der Waals surface area contributed by atoms with Crippen molar-refractivity contribution in [2.75, 3.05) is 13.7 Å². The number of carbonyl (C=O) groups is 2. The van der Waals surface area contributed by atoms with Gasteiger partial charge in [-0.3, -0.25) is 9.59 Å². The Morgan fingerprint density at radius 2 is 2.08 bits per heavy atom. The van der Waals surface area contributed by atoms with Crippen LogP contribution < -0.4 is 5.73 Å². The molecule has 0 radical (unpaired) electrons. The monoisotopic (exact) mass is 342 g/mol. The lowest BCUT2D eigenvalue weighted by Crippen LogP contribution is -2.42. The van der Waals surface area contributed by atoms with Crippen molar-refractivity contribution in [3.05, 3.63) is 41.2 Å². The lowest BCUT2D eigenvalue weighted by atomic mass is 10.1. The highest BCUT2D eigenvalue weighted by Gasteiger charge is 2.28. The van der Waals surface area contributed by atoms with Crippen molar-refractivity contribution in [2.45, 2.75) is 32.4 Å². The number of imidazole rings is 1. The molecular weight excluding hydrogens is 320 g/mol. The maximum absolute atomic E-state index is 12.5. The molecule has 1 aromatic carbocycles. The van der Waals surface area contributed by atoms with Crippen molar-refractivity contribution >= 4 is 11.8 Å². The minimum atomic E-state index is -0.455. The summed E-state index contributed by atoms with van der Waals surface area (Å²) >= 11 is 0. The van der Waals surface area contributed by atoms with E-state index in [1.807, 2.05) is 19.1 Å². The first kappa shape index (κ1) is 17.2. The summed E-state index contributed by atoms with van der Waals surface area (Å²) in [5.74, 6) is 0.287. The van der Waals surface area contributed by atoms with E-state index in [9.17, 15) is 9.59 Å². The molecule has 25 heavy (non-hydrogen) atoms. The zero-order chi connectivity index (χ0) is 18.0. The number of hydrogen-bond donors (Lipinski definition) is 2. The molecule has 1 aromatic heterocycles. The van der Waals surface area contributed by atoms with Crippen LogP contribution in [0.3, 0.4) is 0 Å². The molecule has 3 rings (SSSR count). The fourth-order valence-corrected chi connectivity index (χ4v) is 3.06. The minimum absolute atomic E-state index is 0.0117. The van der Waals surface area contributed by atoms with Gasteiger partial charge in [-0.05, 0) is 18.6 Å². The van der Waals surface area contributed by atoms with Gasteiger partial charge >= 0.3 is 0 Å². The number of nitrogens with zero attached hydrogens (tertiary/aromatic N) is 2. The number of carbonyl (C=O) groups excluding carboxylic acids is 2. The molecule has 0 saturated carbocycles. The fourth-order valence-electron chi connectivity index (χ4n) is 3.06. The predicted octanol–water partition coefficient (Wildman–Crippen LogP) is 1.49. The van der Waals surface area contributed by atoms with E-state index in [1.165, 1.54) is 0 Å². The van der Waals surface area contributed by atoms with Crippen molar-refractivity contribution in [1.82, 2.24) is 14.9 Å². The molecule has 7 heteroatoms. The zero-order valence-corrected chi connectivity index (χ0v) is 14.4. The molecule has 2 amide bonds. The van der Waals surface area contributed by atoms with Crippen molar-refractivity contribution in [2.24, 2.45) is 5.73 Å². The van der Waals surface area contributed by atoms with E-state index in [1.54, 1.807) is 24.1 Å². The first-order chi connectivity index (χ1) is 12.0. The summed E-state index contributed by atoms with van der Waals surface area (Å²) in [5.41, 5.74) is 8.52. The molecule has 0 fully saturated rings. The second-order valence-electron chi connectivity index (χ2n) is 6.09. The third-order valence-corrected chi connectivity index (χ3v) is 4.52. The van der Waals surface area contributed by atoms with Crippen molar-refractivity contribution in [3.8, 4) is 11.4 Å². The van der Waals surface area contributed by atoms with E-state index >= 15 is 0 Å². The van der Waals surface area contributed by atoms with Crippen molar-refractivity contribution in [1.29, 1.82) is 0 Å². The average Bonchev–Trinajstić information content (AvgIpc) is 3.06. The lowest BCUT2D eigenvalue weighted by Gasteiger charge is -2.29. The molecule has 1 atom stereocenters. The molecular formula is C18H22N4O3. The number of amides is 2. The van der Waals surface area contributed by atoms with Crippen molar-refractivity contribution in [3.63, 3.8) is 0 Å². The van der Waals surface area contributed by atoms with E-state index in [-0.39, 0.29) is 5.91 Å². The summed E-state index contributed by atoms with van der Waals surface area (Å²) in [7, 11) is 1.56. The van der Waals surface area contributed by atoms with E-state index in [4.69, 9.17) is 10.5 Å². The Kier molecular flexibility index (Phi) is 4.85. The van der Waals surface area contributed by atoms with Crippen LogP contribution in [0.4, 0.5) is 0 Å². The number of primary amides is 1. The quantitative estimate of drug-likeness (QED) is 0.859.